The Morgan fingerprint density at radius 2 is 2.00 bits per heavy atom. The van der Waals surface area contributed by atoms with E-state index in [9.17, 15) is 0 Å². The van der Waals surface area contributed by atoms with Crippen molar-refractivity contribution in [1.29, 1.82) is 0 Å². The second kappa shape index (κ2) is 5.27. The molecule has 1 aliphatic rings. The number of fused-ring (bicyclic) bond motifs is 1. The van der Waals surface area contributed by atoms with Crippen LogP contribution in [0.15, 0.2) is 35.0 Å². The summed E-state index contributed by atoms with van der Waals surface area (Å²) < 4.78 is 7.64. The minimum Gasteiger partial charge on any atom is -0.360 e. The van der Waals surface area contributed by atoms with Crippen LogP contribution in [0.3, 0.4) is 0 Å². The molecule has 4 rings (SSSR count). The van der Waals surface area contributed by atoms with Crippen LogP contribution in [0.2, 0.25) is 0 Å². The number of hydrogen-bond acceptors (Lipinski definition) is 3. The summed E-state index contributed by atoms with van der Waals surface area (Å²) in [5, 5.41) is 9.90. The van der Waals surface area contributed by atoms with E-state index >= 15 is 0 Å². The molecule has 0 amide bonds. The minimum absolute atomic E-state index is 0.365. The fraction of sp³-hybridized carbons (Fsp3) is 0.444. The van der Waals surface area contributed by atoms with Gasteiger partial charge in [-0.25, -0.2) is 0 Å². The van der Waals surface area contributed by atoms with Gasteiger partial charge in [0.1, 0.15) is 11.5 Å². The molecule has 0 aliphatic heterocycles. The molecule has 0 N–H and O–H groups in total. The Morgan fingerprint density at radius 1 is 1.18 bits per heavy atom. The summed E-state index contributed by atoms with van der Waals surface area (Å²) in [7, 11) is 0. The largest absolute Gasteiger partial charge is 0.360 e. The maximum atomic E-state index is 5.59. The average molecular weight is 295 g/mol. The highest BCUT2D eigenvalue weighted by atomic mass is 16.5. The Bertz CT molecular complexity index is 794. The first kappa shape index (κ1) is 13.6. The van der Waals surface area contributed by atoms with E-state index in [4.69, 9.17) is 4.52 Å². The predicted molar refractivity (Wildman–Crippen MR) is 86.8 cm³/mol. The van der Waals surface area contributed by atoms with Crippen LogP contribution in [-0.4, -0.2) is 14.9 Å². The third-order valence-corrected chi connectivity index (χ3v) is 4.67. The van der Waals surface area contributed by atoms with Crippen LogP contribution < -0.4 is 0 Å². The number of rotatable bonds is 3. The van der Waals surface area contributed by atoms with Crippen LogP contribution in [0.25, 0.3) is 22.2 Å². The molecule has 4 nitrogen and oxygen atoms in total. The summed E-state index contributed by atoms with van der Waals surface area (Å²) in [6.45, 7) is 4.29. The Balaban J connectivity index is 1.69. The molecule has 22 heavy (non-hydrogen) atoms. The summed E-state index contributed by atoms with van der Waals surface area (Å²) in [6.07, 6.45) is 7.00. The quantitative estimate of drug-likeness (QED) is 0.688. The van der Waals surface area contributed by atoms with Crippen LogP contribution in [0.1, 0.15) is 57.3 Å². The van der Waals surface area contributed by atoms with Gasteiger partial charge in [-0.1, -0.05) is 24.1 Å². The van der Waals surface area contributed by atoms with Gasteiger partial charge in [-0.3, -0.25) is 4.68 Å². The molecule has 114 valence electrons. The number of nitrogens with zero attached hydrogens (tertiary/aromatic N) is 3. The second-order valence-electron chi connectivity index (χ2n) is 6.55. The fourth-order valence-electron chi connectivity index (χ4n) is 3.45. The van der Waals surface area contributed by atoms with E-state index in [1.165, 1.54) is 31.2 Å². The molecule has 1 saturated carbocycles. The van der Waals surface area contributed by atoms with Crippen molar-refractivity contribution in [3.63, 3.8) is 0 Å². The smallest absolute Gasteiger partial charge is 0.140 e. The highest BCUT2D eigenvalue weighted by Crippen LogP contribution is 2.36. The summed E-state index contributed by atoms with van der Waals surface area (Å²) in [4.78, 5) is 0. The lowest BCUT2D eigenvalue weighted by Crippen LogP contribution is -2.01. The van der Waals surface area contributed by atoms with E-state index in [1.54, 1.807) is 0 Å². The van der Waals surface area contributed by atoms with Crippen LogP contribution in [0.5, 0.6) is 0 Å². The van der Waals surface area contributed by atoms with E-state index in [2.05, 4.69) is 48.4 Å². The topological polar surface area (TPSA) is 43.9 Å². The Labute approximate surface area is 130 Å². The zero-order valence-corrected chi connectivity index (χ0v) is 13.1. The van der Waals surface area contributed by atoms with Gasteiger partial charge in [-0.05, 0) is 38.8 Å². The highest BCUT2D eigenvalue weighted by Gasteiger charge is 2.21. The van der Waals surface area contributed by atoms with Crippen molar-refractivity contribution >= 4 is 10.9 Å². The first-order valence-electron chi connectivity index (χ1n) is 8.16. The molecule has 0 atom stereocenters. The van der Waals surface area contributed by atoms with Crippen LogP contribution in [-0.2, 0) is 0 Å². The van der Waals surface area contributed by atoms with Crippen molar-refractivity contribution in [2.24, 2.45) is 0 Å². The molecule has 3 aromatic rings. The van der Waals surface area contributed by atoms with Gasteiger partial charge in [-0.15, -0.1) is 0 Å². The molecule has 1 aromatic carbocycles. The molecule has 0 bridgehead atoms. The molecule has 0 saturated heterocycles. The van der Waals surface area contributed by atoms with E-state index in [0.717, 1.165) is 22.4 Å². The lowest BCUT2D eigenvalue weighted by atomic mass is 10.0. The Hall–Kier alpha value is -2.10. The molecule has 1 aliphatic carbocycles. The van der Waals surface area contributed by atoms with Gasteiger partial charge >= 0.3 is 0 Å². The average Bonchev–Trinajstić information content (AvgIpc) is 3.25. The van der Waals surface area contributed by atoms with E-state index in [1.807, 2.05) is 10.9 Å². The van der Waals surface area contributed by atoms with Gasteiger partial charge in [0.15, 0.2) is 0 Å². The normalized spacial score (nSPS) is 16.1. The molecule has 2 aromatic heterocycles. The number of hydrogen-bond donors (Lipinski definition) is 0. The van der Waals surface area contributed by atoms with Gasteiger partial charge < -0.3 is 4.52 Å². The third-order valence-electron chi connectivity index (χ3n) is 4.67. The fourth-order valence-corrected chi connectivity index (χ4v) is 3.45. The molecular formula is C18H21N3O. The molecule has 0 unspecified atom stereocenters. The lowest BCUT2D eigenvalue weighted by Gasteiger charge is -2.06. The van der Waals surface area contributed by atoms with Gasteiger partial charge in [0.2, 0.25) is 0 Å². The first-order valence-corrected chi connectivity index (χ1v) is 8.16. The molecular weight excluding hydrogens is 274 g/mol. The highest BCUT2D eigenvalue weighted by molar-refractivity contribution is 5.84. The van der Waals surface area contributed by atoms with Crippen molar-refractivity contribution in [2.75, 3.05) is 0 Å². The Kier molecular flexibility index (Phi) is 3.25. The van der Waals surface area contributed by atoms with Crippen LogP contribution in [0.4, 0.5) is 0 Å². The van der Waals surface area contributed by atoms with Crippen LogP contribution >= 0.6 is 0 Å². The van der Waals surface area contributed by atoms with Crippen molar-refractivity contribution in [1.82, 2.24) is 14.9 Å². The summed E-state index contributed by atoms with van der Waals surface area (Å²) >= 11 is 0. The maximum absolute atomic E-state index is 5.59. The first-order chi connectivity index (χ1) is 10.7. The summed E-state index contributed by atoms with van der Waals surface area (Å²) in [5.74, 6) is 1.61. The standard InChI is InChI=1S/C18H21N3O/c1-12(2)21-17-8-7-14(9-15(17)11-19-21)16-10-18(22-20-16)13-5-3-4-6-13/h7-13H,3-6H2,1-2H3. The zero-order chi connectivity index (χ0) is 15.1. The van der Waals surface area contributed by atoms with Crippen molar-refractivity contribution < 1.29 is 4.52 Å². The Morgan fingerprint density at radius 3 is 2.77 bits per heavy atom. The third kappa shape index (κ3) is 2.23. The predicted octanol–water partition coefficient (Wildman–Crippen LogP) is 4.93. The van der Waals surface area contributed by atoms with Gasteiger partial charge in [0.05, 0.1) is 11.7 Å². The van der Waals surface area contributed by atoms with Crippen molar-refractivity contribution in [2.45, 2.75) is 51.5 Å². The van der Waals surface area contributed by atoms with Crippen LogP contribution in [0, 0.1) is 0 Å². The summed E-state index contributed by atoms with van der Waals surface area (Å²) in [5.41, 5.74) is 3.20. The van der Waals surface area contributed by atoms with E-state index < -0.39 is 0 Å². The molecule has 2 heterocycles. The second-order valence-corrected chi connectivity index (χ2v) is 6.55. The van der Waals surface area contributed by atoms with Crippen molar-refractivity contribution in [3.8, 4) is 11.3 Å². The molecule has 0 radical (unpaired) electrons. The minimum atomic E-state index is 0.365. The summed E-state index contributed by atoms with van der Waals surface area (Å²) in [6, 6.07) is 8.87. The zero-order valence-electron chi connectivity index (χ0n) is 13.1. The molecule has 0 spiro atoms. The monoisotopic (exact) mass is 295 g/mol. The SMILES string of the molecule is CC(C)n1ncc2cc(-c3cc(C4CCCC4)on3)ccc21. The molecule has 4 heteroatoms. The van der Waals surface area contributed by atoms with Gasteiger partial charge in [0, 0.05) is 29.0 Å². The molecule has 1 fully saturated rings. The van der Waals surface area contributed by atoms with E-state index in [0.29, 0.717) is 12.0 Å². The van der Waals surface area contributed by atoms with Crippen molar-refractivity contribution in [3.05, 3.63) is 36.2 Å². The number of benzene rings is 1. The van der Waals surface area contributed by atoms with E-state index in [-0.39, 0.29) is 0 Å². The van der Waals surface area contributed by atoms with Gasteiger partial charge in [0.25, 0.3) is 0 Å². The van der Waals surface area contributed by atoms with Gasteiger partial charge in [-0.2, -0.15) is 5.10 Å². The number of aromatic nitrogens is 3. The maximum Gasteiger partial charge on any atom is 0.140 e. The lowest BCUT2D eigenvalue weighted by molar-refractivity contribution is 0.362.